The van der Waals surface area contributed by atoms with E-state index in [4.69, 9.17) is 9.84 Å². The fourth-order valence-electron chi connectivity index (χ4n) is 3.89. The number of aromatic nitrogens is 6. The van der Waals surface area contributed by atoms with Crippen molar-refractivity contribution in [3.8, 4) is 33.6 Å². The number of rotatable bonds is 6. The largest absolute Gasteiger partial charge is 0.394 e. The van der Waals surface area contributed by atoms with Gasteiger partial charge in [0.2, 0.25) is 0 Å². The van der Waals surface area contributed by atoms with Crippen LogP contribution in [0.25, 0.3) is 33.6 Å². The van der Waals surface area contributed by atoms with E-state index in [1.807, 2.05) is 50.2 Å². The zero-order valence-electron chi connectivity index (χ0n) is 18.9. The Morgan fingerprint density at radius 1 is 0.970 bits per heavy atom. The third kappa shape index (κ3) is 6.34. The summed E-state index contributed by atoms with van der Waals surface area (Å²) in [5.41, 5.74) is 5.05. The van der Waals surface area contributed by atoms with E-state index in [-0.39, 0.29) is 6.61 Å². The van der Waals surface area contributed by atoms with E-state index in [2.05, 4.69) is 37.4 Å². The van der Waals surface area contributed by atoms with Gasteiger partial charge in [-0.25, -0.2) is 9.97 Å². The van der Waals surface area contributed by atoms with Crippen molar-refractivity contribution >= 4 is 0 Å². The summed E-state index contributed by atoms with van der Waals surface area (Å²) < 4.78 is 7.17. The zero-order valence-corrected chi connectivity index (χ0v) is 18.9. The van der Waals surface area contributed by atoms with Crippen LogP contribution in [0.4, 0.5) is 0 Å². The van der Waals surface area contributed by atoms with Crippen LogP contribution in [0.5, 0.6) is 0 Å². The molecule has 1 saturated carbocycles. The first-order chi connectivity index (χ1) is 16.2. The minimum absolute atomic E-state index is 0.163. The summed E-state index contributed by atoms with van der Waals surface area (Å²) in [5, 5.41) is 19.4. The van der Waals surface area contributed by atoms with E-state index >= 15 is 0 Å². The normalized spacial score (nSPS) is 14.0. The average Bonchev–Trinajstić information content (AvgIpc) is 3.56. The van der Waals surface area contributed by atoms with Crippen molar-refractivity contribution in [2.24, 2.45) is 7.05 Å². The molecule has 0 bridgehead atoms. The Bertz CT molecular complexity index is 1100. The number of aliphatic hydroxyl groups is 1. The number of aliphatic hydroxyl groups excluding tert-OH is 1. The number of hydrogen-bond donors (Lipinski definition) is 2. The molecule has 4 aromatic rings. The first-order valence-electron chi connectivity index (χ1n) is 11.4. The second kappa shape index (κ2) is 11.5. The number of nitrogens with zero attached hydrogens (tertiary/aromatic N) is 5. The molecule has 5 rings (SSSR count). The van der Waals surface area contributed by atoms with E-state index in [1.54, 1.807) is 10.9 Å². The molecule has 1 aliphatic carbocycles. The van der Waals surface area contributed by atoms with Gasteiger partial charge < -0.3 is 9.84 Å². The van der Waals surface area contributed by atoms with Crippen molar-refractivity contribution < 1.29 is 9.84 Å². The fourth-order valence-corrected chi connectivity index (χ4v) is 3.89. The molecule has 172 valence electrons. The Kier molecular flexibility index (Phi) is 7.94. The molecule has 0 spiro atoms. The summed E-state index contributed by atoms with van der Waals surface area (Å²) in [6.07, 6.45) is 17.8. The van der Waals surface area contributed by atoms with Crippen LogP contribution in [0.3, 0.4) is 0 Å². The molecule has 0 amide bonds. The standard InChI is InChI=1S/C17H14N6.C8H16O2/c1-23-11-16(10-22-23)12-3-2-4-13(5-12)17-18-6-14(7-19-17)15-8-20-21-9-15;9-6-7-10-8-4-2-1-3-5-8/h2-11H,1H3,(H,20,21);8-9H,1-7H2. The second-order valence-corrected chi connectivity index (χ2v) is 8.12. The Morgan fingerprint density at radius 3 is 2.42 bits per heavy atom. The van der Waals surface area contributed by atoms with Gasteiger partial charge in [-0.15, -0.1) is 0 Å². The van der Waals surface area contributed by atoms with Gasteiger partial charge in [0.25, 0.3) is 0 Å². The van der Waals surface area contributed by atoms with E-state index in [0.717, 1.165) is 27.8 Å². The molecular weight excluding hydrogens is 416 g/mol. The predicted molar refractivity (Wildman–Crippen MR) is 127 cm³/mol. The van der Waals surface area contributed by atoms with Gasteiger partial charge >= 0.3 is 0 Å². The second-order valence-electron chi connectivity index (χ2n) is 8.12. The molecule has 33 heavy (non-hydrogen) atoms. The van der Waals surface area contributed by atoms with Crippen molar-refractivity contribution in [2.45, 2.75) is 38.2 Å². The first kappa shape index (κ1) is 22.8. The maximum absolute atomic E-state index is 8.47. The van der Waals surface area contributed by atoms with Crippen molar-refractivity contribution in [3.63, 3.8) is 0 Å². The van der Waals surface area contributed by atoms with E-state index in [9.17, 15) is 0 Å². The number of H-pyrrole nitrogens is 1. The van der Waals surface area contributed by atoms with E-state index in [0.29, 0.717) is 18.5 Å². The minimum Gasteiger partial charge on any atom is -0.394 e. The van der Waals surface area contributed by atoms with Gasteiger partial charge in [0.15, 0.2) is 5.82 Å². The molecule has 1 aromatic carbocycles. The van der Waals surface area contributed by atoms with Crippen LogP contribution in [0.1, 0.15) is 32.1 Å². The Labute approximate surface area is 193 Å². The van der Waals surface area contributed by atoms with Crippen molar-refractivity contribution in [3.05, 3.63) is 61.4 Å². The third-order valence-electron chi connectivity index (χ3n) is 5.64. The predicted octanol–water partition coefficient (Wildman–Crippen LogP) is 4.26. The van der Waals surface area contributed by atoms with Gasteiger partial charge in [-0.1, -0.05) is 37.5 Å². The zero-order chi connectivity index (χ0) is 22.9. The molecule has 2 N–H and O–H groups in total. The number of benzene rings is 1. The molecular formula is C25H30N6O2. The summed E-state index contributed by atoms with van der Waals surface area (Å²) >= 11 is 0. The quantitative estimate of drug-likeness (QED) is 0.459. The Hall–Kier alpha value is -3.36. The fraction of sp³-hybridized carbons (Fsp3) is 0.360. The summed E-state index contributed by atoms with van der Waals surface area (Å²) in [6, 6.07) is 8.14. The van der Waals surface area contributed by atoms with Crippen molar-refractivity contribution in [1.82, 2.24) is 29.9 Å². The molecule has 8 nitrogen and oxygen atoms in total. The number of hydrogen-bond acceptors (Lipinski definition) is 6. The van der Waals surface area contributed by atoms with Crippen LogP contribution in [0.2, 0.25) is 0 Å². The highest BCUT2D eigenvalue weighted by molar-refractivity contribution is 5.70. The lowest BCUT2D eigenvalue weighted by Gasteiger charge is -2.21. The lowest BCUT2D eigenvalue weighted by Crippen LogP contribution is -2.18. The van der Waals surface area contributed by atoms with Crippen LogP contribution in [0.15, 0.2) is 61.4 Å². The summed E-state index contributed by atoms with van der Waals surface area (Å²) in [5.74, 6) is 0.697. The van der Waals surface area contributed by atoms with Gasteiger partial charge in [0.05, 0.1) is 31.7 Å². The monoisotopic (exact) mass is 446 g/mol. The molecule has 0 atom stereocenters. The Morgan fingerprint density at radius 2 is 1.76 bits per heavy atom. The molecule has 1 fully saturated rings. The SMILES string of the molecule is Cn1cc(-c2cccc(-c3ncc(-c4cn[nH]c4)cn3)c2)cn1.OCCOC1CCCCC1. The van der Waals surface area contributed by atoms with Gasteiger partial charge in [-0.05, 0) is 24.5 Å². The highest BCUT2D eigenvalue weighted by Crippen LogP contribution is 2.25. The van der Waals surface area contributed by atoms with Crippen LogP contribution in [-0.4, -0.2) is 54.4 Å². The van der Waals surface area contributed by atoms with Crippen molar-refractivity contribution in [1.29, 1.82) is 0 Å². The molecule has 0 saturated heterocycles. The molecule has 0 radical (unpaired) electrons. The number of ether oxygens (including phenoxy) is 1. The van der Waals surface area contributed by atoms with E-state index in [1.165, 1.54) is 32.1 Å². The van der Waals surface area contributed by atoms with Gasteiger partial charge in [-0.2, -0.15) is 10.2 Å². The van der Waals surface area contributed by atoms with Gasteiger partial charge in [0, 0.05) is 54.1 Å². The van der Waals surface area contributed by atoms with Crippen LogP contribution < -0.4 is 0 Å². The highest BCUT2D eigenvalue weighted by atomic mass is 16.5. The molecule has 3 heterocycles. The Balaban J connectivity index is 0.000000219. The lowest BCUT2D eigenvalue weighted by molar-refractivity contribution is 0.00882. The van der Waals surface area contributed by atoms with Crippen LogP contribution in [0, 0.1) is 0 Å². The first-order valence-corrected chi connectivity index (χ1v) is 11.4. The topological polar surface area (TPSA) is 102 Å². The highest BCUT2D eigenvalue weighted by Gasteiger charge is 2.12. The summed E-state index contributed by atoms with van der Waals surface area (Å²) in [7, 11) is 1.91. The van der Waals surface area contributed by atoms with Gasteiger partial charge in [0.1, 0.15) is 0 Å². The van der Waals surface area contributed by atoms with Crippen LogP contribution in [-0.2, 0) is 11.8 Å². The van der Waals surface area contributed by atoms with E-state index < -0.39 is 0 Å². The van der Waals surface area contributed by atoms with Gasteiger partial charge in [-0.3, -0.25) is 9.78 Å². The average molecular weight is 447 g/mol. The summed E-state index contributed by atoms with van der Waals surface area (Å²) in [4.78, 5) is 8.94. The number of aromatic amines is 1. The summed E-state index contributed by atoms with van der Waals surface area (Å²) in [6.45, 7) is 0.682. The maximum Gasteiger partial charge on any atom is 0.159 e. The molecule has 0 unspecified atom stereocenters. The molecule has 1 aliphatic rings. The van der Waals surface area contributed by atoms with Crippen molar-refractivity contribution in [2.75, 3.05) is 13.2 Å². The molecule has 8 heteroatoms. The maximum atomic E-state index is 8.47. The number of nitrogens with one attached hydrogen (secondary N) is 1. The van der Waals surface area contributed by atoms with Crippen LogP contribution >= 0.6 is 0 Å². The minimum atomic E-state index is 0.163. The molecule has 0 aliphatic heterocycles. The molecule has 3 aromatic heterocycles. The third-order valence-corrected chi connectivity index (χ3v) is 5.64. The number of aryl methyl sites for hydroxylation is 1. The lowest BCUT2D eigenvalue weighted by atomic mass is 9.98. The smallest absolute Gasteiger partial charge is 0.159 e.